The summed E-state index contributed by atoms with van der Waals surface area (Å²) in [4.78, 5) is 26.0. The molecule has 33 heavy (non-hydrogen) atoms. The van der Waals surface area contributed by atoms with Gasteiger partial charge in [0, 0.05) is 24.1 Å². The van der Waals surface area contributed by atoms with Gasteiger partial charge < -0.3 is 10.4 Å². The van der Waals surface area contributed by atoms with Crippen LogP contribution in [-0.4, -0.2) is 63.0 Å². The average Bonchev–Trinajstić information content (AvgIpc) is 2.79. The standard InChI is InChI=1S/C23H30BrF2N5O2/c24-18-13-27-15-28-22(18)30-20(23(32)33)10-12-31(14-21(25)26)11-4-3-6-17-9-8-16-5-1-2-7-19(16)29-17/h8-9,13,15,20-21H,1-7,10-12,14H2,(H,32,33)(H,27,28,30)/t20-/m0/s1. The molecular weight excluding hydrogens is 496 g/mol. The van der Waals surface area contributed by atoms with E-state index in [2.05, 4.69) is 43.3 Å². The number of fused-ring (bicyclic) bond motifs is 1. The van der Waals surface area contributed by atoms with E-state index >= 15 is 0 Å². The second-order valence-electron chi connectivity index (χ2n) is 8.31. The zero-order valence-corrected chi connectivity index (χ0v) is 20.1. The quantitative estimate of drug-likeness (QED) is 0.375. The topological polar surface area (TPSA) is 91.2 Å². The number of aliphatic carboxylic acids is 1. The highest BCUT2D eigenvalue weighted by molar-refractivity contribution is 9.10. The molecule has 0 aromatic carbocycles. The highest BCUT2D eigenvalue weighted by atomic mass is 79.9. The van der Waals surface area contributed by atoms with Crippen molar-refractivity contribution in [3.8, 4) is 0 Å². The number of carboxylic acids is 1. The number of pyridine rings is 1. The van der Waals surface area contributed by atoms with Crippen molar-refractivity contribution in [1.82, 2.24) is 19.9 Å². The first kappa shape index (κ1) is 25.4. The first-order chi connectivity index (χ1) is 15.9. The molecule has 10 heteroatoms. The number of carbonyl (C=O) groups is 1. The summed E-state index contributed by atoms with van der Waals surface area (Å²) in [6.07, 6.45) is 7.48. The maximum Gasteiger partial charge on any atom is 0.326 e. The number of rotatable bonds is 13. The number of nitrogens with zero attached hydrogens (tertiary/aromatic N) is 4. The number of aryl methyl sites for hydroxylation is 3. The van der Waals surface area contributed by atoms with Gasteiger partial charge in [0.2, 0.25) is 0 Å². The van der Waals surface area contributed by atoms with Gasteiger partial charge in [0.05, 0.1) is 11.0 Å². The molecule has 0 radical (unpaired) electrons. The number of nitrogens with one attached hydrogen (secondary N) is 1. The van der Waals surface area contributed by atoms with Gasteiger partial charge in [0.1, 0.15) is 18.2 Å². The first-order valence-corrected chi connectivity index (χ1v) is 12.1. The Morgan fingerprint density at radius 3 is 2.79 bits per heavy atom. The fourth-order valence-electron chi connectivity index (χ4n) is 4.05. The predicted molar refractivity (Wildman–Crippen MR) is 126 cm³/mol. The van der Waals surface area contributed by atoms with Crippen LogP contribution in [0.4, 0.5) is 14.6 Å². The number of unbranched alkanes of at least 4 members (excludes halogenated alkanes) is 1. The van der Waals surface area contributed by atoms with Crippen molar-refractivity contribution < 1.29 is 18.7 Å². The van der Waals surface area contributed by atoms with Gasteiger partial charge in [0.15, 0.2) is 0 Å². The van der Waals surface area contributed by atoms with E-state index in [1.165, 1.54) is 36.6 Å². The van der Waals surface area contributed by atoms with Gasteiger partial charge in [0.25, 0.3) is 6.43 Å². The van der Waals surface area contributed by atoms with E-state index < -0.39 is 18.4 Å². The monoisotopic (exact) mass is 525 g/mol. The van der Waals surface area contributed by atoms with Crippen LogP contribution in [0.5, 0.6) is 0 Å². The lowest BCUT2D eigenvalue weighted by molar-refractivity contribution is -0.138. The third kappa shape index (κ3) is 8.26. The lowest BCUT2D eigenvalue weighted by Gasteiger charge is -2.24. The Morgan fingerprint density at radius 2 is 2.03 bits per heavy atom. The van der Waals surface area contributed by atoms with Crippen molar-refractivity contribution in [3.63, 3.8) is 0 Å². The number of hydrogen-bond donors (Lipinski definition) is 2. The van der Waals surface area contributed by atoms with Crippen molar-refractivity contribution in [2.75, 3.05) is 25.0 Å². The maximum absolute atomic E-state index is 13.1. The molecule has 180 valence electrons. The van der Waals surface area contributed by atoms with Crippen molar-refractivity contribution >= 4 is 27.7 Å². The summed E-state index contributed by atoms with van der Waals surface area (Å²) in [5, 5.41) is 12.4. The largest absolute Gasteiger partial charge is 0.480 e. The summed E-state index contributed by atoms with van der Waals surface area (Å²) >= 11 is 3.27. The van der Waals surface area contributed by atoms with Gasteiger partial charge in [-0.2, -0.15) is 0 Å². The van der Waals surface area contributed by atoms with E-state index in [-0.39, 0.29) is 19.5 Å². The summed E-state index contributed by atoms with van der Waals surface area (Å²) in [6.45, 7) is 0.355. The number of carboxylic acid groups (broad SMARTS) is 1. The fourth-order valence-corrected chi connectivity index (χ4v) is 4.39. The van der Waals surface area contributed by atoms with E-state index in [9.17, 15) is 18.7 Å². The summed E-state index contributed by atoms with van der Waals surface area (Å²) in [5.41, 5.74) is 3.62. The molecule has 7 nitrogen and oxygen atoms in total. The van der Waals surface area contributed by atoms with E-state index in [1.807, 2.05) is 0 Å². The Kier molecular flexibility index (Phi) is 9.93. The second kappa shape index (κ2) is 12.9. The van der Waals surface area contributed by atoms with Crippen LogP contribution in [0, 0.1) is 0 Å². The number of anilines is 1. The number of halogens is 3. The molecule has 2 heterocycles. The Hall–Kier alpha value is -2.20. The van der Waals surface area contributed by atoms with E-state index in [0.29, 0.717) is 16.8 Å². The van der Waals surface area contributed by atoms with Crippen molar-refractivity contribution in [2.45, 2.75) is 63.8 Å². The molecule has 0 spiro atoms. The average molecular weight is 526 g/mol. The van der Waals surface area contributed by atoms with Crippen molar-refractivity contribution in [2.24, 2.45) is 0 Å². The molecule has 0 bridgehead atoms. The van der Waals surface area contributed by atoms with Crippen LogP contribution in [0.3, 0.4) is 0 Å². The third-order valence-corrected chi connectivity index (χ3v) is 6.38. The third-order valence-electron chi connectivity index (χ3n) is 5.80. The van der Waals surface area contributed by atoms with Crippen LogP contribution >= 0.6 is 15.9 Å². The van der Waals surface area contributed by atoms with Gasteiger partial charge in [-0.1, -0.05) is 6.07 Å². The normalized spacial score (nSPS) is 14.3. The predicted octanol–water partition coefficient (Wildman–Crippen LogP) is 4.36. The molecule has 0 saturated heterocycles. The highest BCUT2D eigenvalue weighted by Crippen LogP contribution is 2.21. The second-order valence-corrected chi connectivity index (χ2v) is 9.16. The summed E-state index contributed by atoms with van der Waals surface area (Å²) in [6, 6.07) is 3.31. The molecule has 0 saturated carbocycles. The maximum atomic E-state index is 13.1. The molecule has 2 aromatic heterocycles. The fraction of sp³-hybridized carbons (Fsp3) is 0.565. The number of hydrogen-bond acceptors (Lipinski definition) is 6. The lowest BCUT2D eigenvalue weighted by Crippen LogP contribution is -2.37. The molecule has 0 fully saturated rings. The summed E-state index contributed by atoms with van der Waals surface area (Å²) < 4.78 is 26.7. The van der Waals surface area contributed by atoms with E-state index in [4.69, 9.17) is 4.98 Å². The minimum Gasteiger partial charge on any atom is -0.480 e. The van der Waals surface area contributed by atoms with Crippen LogP contribution in [0.1, 0.15) is 49.1 Å². The molecular formula is C23H30BrF2N5O2. The summed E-state index contributed by atoms with van der Waals surface area (Å²) in [7, 11) is 0. The number of alkyl halides is 2. The van der Waals surface area contributed by atoms with Crippen LogP contribution in [0.2, 0.25) is 0 Å². The Morgan fingerprint density at radius 1 is 1.21 bits per heavy atom. The SMILES string of the molecule is O=C(O)[C@H](CCN(CCCCc1ccc2c(n1)CCCC2)CC(F)F)Nc1ncncc1Br. The summed E-state index contributed by atoms with van der Waals surface area (Å²) in [5.74, 6) is -0.702. The zero-order chi connectivity index (χ0) is 23.6. The van der Waals surface area contributed by atoms with Crippen LogP contribution < -0.4 is 5.32 Å². The minimum absolute atomic E-state index is 0.172. The van der Waals surface area contributed by atoms with Crippen molar-refractivity contribution in [3.05, 3.63) is 46.1 Å². The van der Waals surface area contributed by atoms with Gasteiger partial charge in [-0.3, -0.25) is 9.88 Å². The Bertz CT molecular complexity index is 918. The molecule has 0 amide bonds. The van der Waals surface area contributed by atoms with E-state index in [0.717, 1.165) is 37.8 Å². The highest BCUT2D eigenvalue weighted by Gasteiger charge is 2.21. The van der Waals surface area contributed by atoms with Gasteiger partial charge in [-0.05, 0) is 85.5 Å². The molecule has 2 N–H and O–H groups in total. The molecule has 0 aliphatic heterocycles. The van der Waals surface area contributed by atoms with Crippen LogP contribution in [0.15, 0.2) is 29.1 Å². The molecule has 2 aromatic rings. The van der Waals surface area contributed by atoms with Gasteiger partial charge >= 0.3 is 5.97 Å². The smallest absolute Gasteiger partial charge is 0.326 e. The molecule has 0 unspecified atom stereocenters. The Balaban J connectivity index is 1.48. The van der Waals surface area contributed by atoms with Crippen LogP contribution in [0.25, 0.3) is 0 Å². The Labute approximate surface area is 201 Å². The molecule has 1 aliphatic rings. The first-order valence-electron chi connectivity index (χ1n) is 11.4. The van der Waals surface area contributed by atoms with Crippen LogP contribution in [-0.2, 0) is 24.1 Å². The molecule has 1 aliphatic carbocycles. The van der Waals surface area contributed by atoms with Gasteiger partial charge in [-0.25, -0.2) is 23.5 Å². The molecule has 3 rings (SSSR count). The minimum atomic E-state index is -2.47. The van der Waals surface area contributed by atoms with Gasteiger partial charge in [-0.15, -0.1) is 0 Å². The van der Waals surface area contributed by atoms with Crippen molar-refractivity contribution in [1.29, 1.82) is 0 Å². The lowest BCUT2D eigenvalue weighted by atomic mass is 9.95. The zero-order valence-electron chi connectivity index (χ0n) is 18.5. The van der Waals surface area contributed by atoms with E-state index in [1.54, 1.807) is 4.90 Å². The molecule has 1 atom stereocenters. The number of aromatic nitrogens is 3.